The Labute approximate surface area is 227 Å². The average Bonchev–Trinajstić information content (AvgIpc) is 3.36. The molecule has 2 heterocycles. The Balaban J connectivity index is 1.84. The van der Waals surface area contributed by atoms with Gasteiger partial charge in [0.2, 0.25) is 0 Å². The van der Waals surface area contributed by atoms with Gasteiger partial charge >= 0.3 is 13.6 Å². The van der Waals surface area contributed by atoms with Crippen LogP contribution in [0.3, 0.4) is 0 Å². The number of nitrogen functional groups attached to an aromatic ring is 1. The Morgan fingerprint density at radius 3 is 2.18 bits per heavy atom. The van der Waals surface area contributed by atoms with Crippen LogP contribution < -0.4 is 10.5 Å². The van der Waals surface area contributed by atoms with E-state index in [0.717, 1.165) is 11.1 Å². The number of benzene rings is 2. The highest BCUT2D eigenvalue weighted by molar-refractivity contribution is 7.53. The van der Waals surface area contributed by atoms with Crippen molar-refractivity contribution in [3.63, 3.8) is 0 Å². The fourth-order valence-electron chi connectivity index (χ4n) is 4.22. The molecule has 0 bridgehead atoms. The molecule has 12 heteroatoms. The van der Waals surface area contributed by atoms with Crippen LogP contribution in [-0.2, 0) is 23.1 Å². The lowest BCUT2D eigenvalue weighted by molar-refractivity contribution is 0.0401. The first-order valence-electron chi connectivity index (χ1n) is 12.7. The topological polar surface area (TPSA) is 133 Å². The molecule has 0 aliphatic rings. The second-order valence-corrected chi connectivity index (χ2v) is 10.5. The lowest BCUT2D eigenvalue weighted by atomic mass is 9.95. The van der Waals surface area contributed by atoms with Crippen molar-refractivity contribution in [3.8, 4) is 6.01 Å². The molecule has 0 aliphatic heterocycles. The van der Waals surface area contributed by atoms with Crippen LogP contribution >= 0.6 is 7.60 Å². The summed E-state index contributed by atoms with van der Waals surface area (Å²) in [7, 11) is -1.92. The van der Waals surface area contributed by atoms with Crippen molar-refractivity contribution in [2.24, 2.45) is 0 Å². The molecule has 0 saturated carbocycles. The van der Waals surface area contributed by atoms with E-state index >= 15 is 0 Å². The minimum absolute atomic E-state index is 0.111. The number of fused-ring (bicyclic) bond motifs is 1. The molecule has 0 amide bonds. The molecule has 4 aromatic rings. The Morgan fingerprint density at radius 2 is 1.56 bits per heavy atom. The second kappa shape index (κ2) is 13.6. The second-order valence-electron chi connectivity index (χ2n) is 8.49. The number of nitrogens with zero attached hydrogens (tertiary/aromatic N) is 4. The maximum atomic E-state index is 13.4. The molecule has 2 aromatic carbocycles. The number of rotatable bonds is 15. The third kappa shape index (κ3) is 7.00. The molecular weight excluding hydrogens is 521 g/mol. The van der Waals surface area contributed by atoms with Crippen molar-refractivity contribution in [2.75, 3.05) is 45.6 Å². The molecule has 39 heavy (non-hydrogen) atoms. The highest BCUT2D eigenvalue weighted by Gasteiger charge is 2.33. The van der Waals surface area contributed by atoms with Gasteiger partial charge in [0.25, 0.3) is 0 Å². The minimum Gasteiger partial charge on any atom is -0.461 e. The summed E-state index contributed by atoms with van der Waals surface area (Å²) in [5, 5.41) is 0. The smallest absolute Gasteiger partial charge is 0.356 e. The fourth-order valence-corrected chi connectivity index (χ4v) is 5.58. The SMILES string of the molecule is CCOP(=O)(COC(c1ccccc1)C(c1ccccc1)n1cnc2c(N)nc(OCCOC)nc21)OCC. The van der Waals surface area contributed by atoms with Gasteiger partial charge in [-0.15, -0.1) is 0 Å². The summed E-state index contributed by atoms with van der Waals surface area (Å²) in [6, 6.07) is 19.1. The van der Waals surface area contributed by atoms with E-state index < -0.39 is 19.7 Å². The molecule has 0 radical (unpaired) electrons. The molecule has 0 aliphatic carbocycles. The summed E-state index contributed by atoms with van der Waals surface area (Å²) in [5.74, 6) is 0.187. The van der Waals surface area contributed by atoms with E-state index in [1.165, 1.54) is 0 Å². The zero-order chi connectivity index (χ0) is 27.7. The van der Waals surface area contributed by atoms with Gasteiger partial charge in [-0.05, 0) is 25.0 Å². The third-order valence-corrected chi connectivity index (χ3v) is 7.63. The number of aromatic nitrogens is 4. The van der Waals surface area contributed by atoms with Crippen molar-refractivity contribution >= 4 is 24.6 Å². The van der Waals surface area contributed by atoms with Crippen LogP contribution in [0.5, 0.6) is 6.01 Å². The molecule has 2 aromatic heterocycles. The number of hydrogen-bond donors (Lipinski definition) is 1. The predicted octanol–water partition coefficient (Wildman–Crippen LogP) is 5.00. The highest BCUT2D eigenvalue weighted by atomic mass is 31.2. The van der Waals surface area contributed by atoms with Gasteiger partial charge in [0, 0.05) is 7.11 Å². The lowest BCUT2D eigenvalue weighted by Gasteiger charge is -2.30. The van der Waals surface area contributed by atoms with Gasteiger partial charge in [0.1, 0.15) is 19.1 Å². The molecule has 4 rings (SSSR count). The molecule has 2 unspecified atom stereocenters. The predicted molar refractivity (Wildman–Crippen MR) is 148 cm³/mol. The molecule has 2 atom stereocenters. The van der Waals surface area contributed by atoms with Crippen LogP contribution in [0.25, 0.3) is 11.2 Å². The Bertz CT molecular complexity index is 1360. The normalized spacial score (nSPS) is 13.4. The zero-order valence-electron chi connectivity index (χ0n) is 22.3. The van der Waals surface area contributed by atoms with Crippen molar-refractivity contribution in [1.82, 2.24) is 19.5 Å². The molecule has 11 nitrogen and oxygen atoms in total. The molecular formula is C27H34N5O6P. The average molecular weight is 556 g/mol. The van der Waals surface area contributed by atoms with E-state index in [1.807, 2.05) is 65.2 Å². The van der Waals surface area contributed by atoms with E-state index in [1.54, 1.807) is 27.3 Å². The number of anilines is 1. The Morgan fingerprint density at radius 1 is 0.923 bits per heavy atom. The molecule has 2 N–H and O–H groups in total. The van der Waals surface area contributed by atoms with Crippen LogP contribution in [0.2, 0.25) is 0 Å². The highest BCUT2D eigenvalue weighted by Crippen LogP contribution is 2.50. The molecule has 0 fully saturated rings. The van der Waals surface area contributed by atoms with Crippen LogP contribution in [0.4, 0.5) is 5.82 Å². The summed E-state index contributed by atoms with van der Waals surface area (Å²) in [6.07, 6.45) is 0.775. The van der Waals surface area contributed by atoms with Gasteiger partial charge in [-0.25, -0.2) is 4.98 Å². The lowest BCUT2D eigenvalue weighted by Crippen LogP contribution is -2.23. The first kappa shape index (κ1) is 28.7. The number of hydrogen-bond acceptors (Lipinski definition) is 10. The van der Waals surface area contributed by atoms with Gasteiger partial charge < -0.3 is 33.6 Å². The van der Waals surface area contributed by atoms with Crippen LogP contribution in [0.15, 0.2) is 67.0 Å². The van der Waals surface area contributed by atoms with Gasteiger partial charge in [-0.2, -0.15) is 9.97 Å². The first-order valence-corrected chi connectivity index (χ1v) is 14.4. The molecule has 0 saturated heterocycles. The summed E-state index contributed by atoms with van der Waals surface area (Å²) in [6.45, 7) is 4.62. The molecule has 0 spiro atoms. The summed E-state index contributed by atoms with van der Waals surface area (Å²) >= 11 is 0. The quantitative estimate of drug-likeness (QED) is 0.158. The Kier molecular flexibility index (Phi) is 10.0. The first-order chi connectivity index (χ1) is 19.0. The van der Waals surface area contributed by atoms with Gasteiger partial charge in [-0.1, -0.05) is 60.7 Å². The molecule has 208 valence electrons. The minimum atomic E-state index is -3.51. The Hall–Kier alpha value is -3.34. The zero-order valence-corrected chi connectivity index (χ0v) is 23.2. The monoisotopic (exact) mass is 555 g/mol. The van der Waals surface area contributed by atoms with Crippen LogP contribution in [0, 0.1) is 0 Å². The largest absolute Gasteiger partial charge is 0.461 e. The third-order valence-electron chi connectivity index (χ3n) is 5.87. The van der Waals surface area contributed by atoms with Gasteiger partial charge in [-0.3, -0.25) is 4.57 Å². The fraction of sp³-hybridized carbons (Fsp3) is 0.370. The van der Waals surface area contributed by atoms with Gasteiger partial charge in [0.15, 0.2) is 17.0 Å². The van der Waals surface area contributed by atoms with E-state index in [4.69, 9.17) is 29.0 Å². The van der Waals surface area contributed by atoms with Crippen molar-refractivity contribution in [3.05, 3.63) is 78.1 Å². The number of ether oxygens (including phenoxy) is 3. The maximum absolute atomic E-state index is 13.4. The van der Waals surface area contributed by atoms with Crippen LogP contribution in [-0.4, -0.2) is 59.4 Å². The van der Waals surface area contributed by atoms with Crippen molar-refractivity contribution < 1.29 is 27.8 Å². The van der Waals surface area contributed by atoms with E-state index in [2.05, 4.69) is 15.0 Å². The van der Waals surface area contributed by atoms with Crippen molar-refractivity contribution in [2.45, 2.75) is 26.0 Å². The van der Waals surface area contributed by atoms with Gasteiger partial charge in [0.05, 0.1) is 32.2 Å². The van der Waals surface area contributed by atoms with Crippen LogP contribution in [0.1, 0.15) is 37.1 Å². The summed E-state index contributed by atoms with van der Waals surface area (Å²) in [4.78, 5) is 13.4. The summed E-state index contributed by atoms with van der Waals surface area (Å²) < 4.78 is 43.4. The van der Waals surface area contributed by atoms with E-state index in [-0.39, 0.29) is 38.0 Å². The van der Waals surface area contributed by atoms with Crippen molar-refractivity contribution in [1.29, 1.82) is 0 Å². The number of imidazole rings is 1. The summed E-state index contributed by atoms with van der Waals surface area (Å²) in [5.41, 5.74) is 8.90. The maximum Gasteiger partial charge on any atom is 0.356 e. The van der Waals surface area contributed by atoms with E-state index in [0.29, 0.717) is 17.8 Å². The number of methoxy groups -OCH3 is 1. The standard InChI is InChI=1S/C27H34N5O6P/c1-4-37-39(33,38-5-2)19-36-24(21-14-10-7-11-15-21)23(20-12-8-6-9-13-20)32-18-29-22-25(28)30-27(31-26(22)32)35-17-16-34-3/h6-15,18,23-24H,4-5,16-17,19H2,1-3H3,(H2,28,30,31). The number of nitrogens with two attached hydrogens (primary N) is 1. The van der Waals surface area contributed by atoms with E-state index in [9.17, 15) is 4.57 Å².